The van der Waals surface area contributed by atoms with E-state index in [0.29, 0.717) is 17.5 Å². The summed E-state index contributed by atoms with van der Waals surface area (Å²) in [5, 5.41) is 36.7. The van der Waals surface area contributed by atoms with Crippen LogP contribution in [0.5, 0.6) is 11.5 Å². The van der Waals surface area contributed by atoms with Crippen molar-refractivity contribution < 1.29 is 63.4 Å². The highest BCUT2D eigenvalue weighted by Crippen LogP contribution is 2.58. The summed E-state index contributed by atoms with van der Waals surface area (Å²) in [4.78, 5) is 0. The molecule has 15 rings (SSSR count). The van der Waals surface area contributed by atoms with E-state index in [9.17, 15) is 49.2 Å². The summed E-state index contributed by atoms with van der Waals surface area (Å²) >= 11 is 0. The SMILES string of the molecule is CO[C@@H](c1ccc(F)cc1)[C@H]1CCCC2=Cc3c(cnn3-c3ccc(F)cc3)C[C@@]21C.CS(=O)COc1cc([C@H](O)[C@H]2CCCC3=Cc4c(cnn4-c4ccc(F)cc4)C[C@@]32C)ccc1F.C[C@]12Cc3cnn(-c4ccc(F)cc4)c3C=C1CCC[C@@H]2[C@@H](O)c1ccc(F)c(OCS(C)(=O)=O)c1. The minimum atomic E-state index is -3.45. The number of rotatable bonds is 16. The third kappa shape index (κ3) is 14.5. The molecule has 9 aromatic rings. The highest BCUT2D eigenvalue weighted by molar-refractivity contribution is 7.90. The van der Waals surface area contributed by atoms with Crippen LogP contribution in [-0.2, 0) is 44.6 Å². The molecule has 3 aromatic heterocycles. The lowest BCUT2D eigenvalue weighted by Crippen LogP contribution is -2.40. The second-order valence-corrected chi connectivity index (χ2v) is 32.1. The molecule has 3 fully saturated rings. The lowest BCUT2D eigenvalue weighted by molar-refractivity contribution is -0.0115. The standard InChI is InChI=1S/C27H28F2N2O4S.C27H28F2N2O3S.C26H26F2N2O/c1-27-14-18-15-30-31(21-9-7-20(28)8-10-21)24(18)13-19(27)4-3-5-22(27)26(32)17-6-11-23(29)25(12-17)35-16-36(2,33)34;1-27-14-18-15-30-31(21-9-7-20(28)8-10-21)24(18)13-19(27)4-3-5-22(27)26(32)17-6-11-23(29)25(12-17)34-16-35(2)33;1-26-15-18-16-29-30(22-12-10-21(28)11-13-22)24(18)14-19(26)4-3-5-23(26)25(31-2)17-6-8-20(27)9-7-17/h6-13,15,22,26,32H,3-5,14,16H2,1-2H3;6-13,15,22,26,32H,3-5,14,16H2,1-2H3;6-14,16,23,25H,3-5,15H2,1-2H3/t22-,26+,27+;22-,26+,27+,35?;23-,25+,26+/m111/s1. The van der Waals surface area contributed by atoms with Crippen LogP contribution >= 0.6 is 0 Å². The Hall–Kier alpha value is -8.67. The van der Waals surface area contributed by atoms with Gasteiger partial charge >= 0.3 is 0 Å². The molecule has 0 saturated heterocycles. The summed E-state index contributed by atoms with van der Waals surface area (Å²) in [5.41, 5.74) is 14.0. The van der Waals surface area contributed by atoms with E-state index in [2.05, 4.69) is 54.3 Å². The predicted octanol–water partition coefficient (Wildman–Crippen LogP) is 16.6. The fraction of sp³-hybridized carbons (Fsp3) is 0.362. The first-order valence-corrected chi connectivity index (χ1v) is 38.2. The predicted molar refractivity (Wildman–Crippen MR) is 381 cm³/mol. The van der Waals surface area contributed by atoms with Gasteiger partial charge in [0, 0.05) is 19.6 Å². The maximum Gasteiger partial charge on any atom is 0.189 e. The fourth-order valence-corrected chi connectivity index (χ4v) is 17.3. The summed E-state index contributed by atoms with van der Waals surface area (Å²) in [5.74, 6) is -3.19. The van der Waals surface area contributed by atoms with Gasteiger partial charge in [-0.1, -0.05) is 61.8 Å². The number of aliphatic hydroxyl groups is 2. The number of allylic oxidation sites excluding steroid dienone is 3. The highest BCUT2D eigenvalue weighted by atomic mass is 32.2. The number of ether oxygens (including phenoxy) is 3. The van der Waals surface area contributed by atoms with Crippen molar-refractivity contribution in [2.45, 2.75) is 116 Å². The number of benzene rings is 6. The third-order valence-electron chi connectivity index (χ3n) is 22.0. The first-order valence-electron chi connectivity index (χ1n) is 34.4. The van der Waals surface area contributed by atoms with Gasteiger partial charge in [0.2, 0.25) is 0 Å². The minimum absolute atomic E-state index is 0.0000160. The van der Waals surface area contributed by atoms with Crippen LogP contribution in [0.1, 0.15) is 147 Å². The zero-order valence-electron chi connectivity index (χ0n) is 57.6. The van der Waals surface area contributed by atoms with E-state index in [4.69, 9.17) is 14.2 Å². The quantitative estimate of drug-likeness (QED) is 0.0882. The van der Waals surface area contributed by atoms with E-state index < -0.39 is 50.4 Å². The number of hydrogen-bond donors (Lipinski definition) is 2. The summed E-state index contributed by atoms with van der Waals surface area (Å²) in [6, 6.07) is 34.2. The Labute approximate surface area is 592 Å². The molecule has 6 aliphatic rings. The van der Waals surface area contributed by atoms with Gasteiger partial charge in [-0.25, -0.2) is 48.8 Å². The van der Waals surface area contributed by atoms with Crippen LogP contribution in [0.3, 0.4) is 0 Å². The van der Waals surface area contributed by atoms with Gasteiger partial charge in [0.05, 0.1) is 81.8 Å². The lowest BCUT2D eigenvalue weighted by Gasteiger charge is -2.48. The van der Waals surface area contributed by atoms with Gasteiger partial charge in [0.25, 0.3) is 0 Å². The number of methoxy groups -OCH3 is 1. The van der Waals surface area contributed by atoms with Crippen LogP contribution in [0, 0.1) is 68.9 Å². The summed E-state index contributed by atoms with van der Waals surface area (Å²) in [7, 11) is -2.93. The van der Waals surface area contributed by atoms with Crippen LogP contribution < -0.4 is 9.47 Å². The van der Waals surface area contributed by atoms with Gasteiger partial charge in [-0.15, -0.1) is 0 Å². The number of halogens is 6. The maximum atomic E-state index is 14.3. The summed E-state index contributed by atoms with van der Waals surface area (Å²) in [6.07, 6.45) is 23.6. The molecule has 6 aromatic carbocycles. The molecule has 22 heteroatoms. The van der Waals surface area contributed by atoms with E-state index in [0.717, 1.165) is 128 Å². The molecule has 3 heterocycles. The van der Waals surface area contributed by atoms with E-state index in [1.807, 2.05) is 44.8 Å². The van der Waals surface area contributed by atoms with Crippen molar-refractivity contribution in [3.05, 3.63) is 254 Å². The molecule has 6 aliphatic carbocycles. The number of hydrogen-bond acceptors (Lipinski definition) is 11. The Morgan fingerprint density at radius 1 is 0.510 bits per heavy atom. The van der Waals surface area contributed by atoms with Crippen molar-refractivity contribution in [1.29, 1.82) is 0 Å². The third-order valence-corrected chi connectivity index (χ3v) is 23.0. The molecular formula is C80H82F6N6O8S2. The van der Waals surface area contributed by atoms with Crippen LogP contribution in [0.15, 0.2) is 169 Å². The molecule has 534 valence electrons. The van der Waals surface area contributed by atoms with Gasteiger partial charge in [-0.3, -0.25) is 4.21 Å². The van der Waals surface area contributed by atoms with Crippen molar-refractivity contribution in [3.8, 4) is 28.6 Å². The molecule has 0 aliphatic heterocycles. The number of sulfone groups is 1. The monoisotopic (exact) mass is 1430 g/mol. The summed E-state index contributed by atoms with van der Waals surface area (Å²) in [6.45, 7) is 6.66. The van der Waals surface area contributed by atoms with E-state index in [-0.39, 0.29) is 80.8 Å². The molecule has 10 atom stereocenters. The number of fused-ring (bicyclic) bond motifs is 6. The average molecular weight is 1430 g/mol. The fourth-order valence-electron chi connectivity index (χ4n) is 16.7. The second kappa shape index (κ2) is 29.2. The molecule has 0 amide bonds. The normalized spacial score (nSPS) is 23.0. The highest BCUT2D eigenvalue weighted by Gasteiger charge is 2.50. The van der Waals surface area contributed by atoms with Crippen molar-refractivity contribution >= 4 is 38.9 Å². The van der Waals surface area contributed by atoms with E-state index >= 15 is 0 Å². The van der Waals surface area contributed by atoms with Gasteiger partial charge in [-0.05, 0) is 272 Å². The molecule has 0 spiro atoms. The molecule has 102 heavy (non-hydrogen) atoms. The van der Waals surface area contributed by atoms with Crippen molar-refractivity contribution in [2.24, 2.45) is 34.0 Å². The van der Waals surface area contributed by atoms with Gasteiger partial charge in [0.15, 0.2) is 44.8 Å². The Morgan fingerprint density at radius 2 is 0.843 bits per heavy atom. The van der Waals surface area contributed by atoms with Gasteiger partial charge < -0.3 is 24.4 Å². The molecule has 1 unspecified atom stereocenters. The van der Waals surface area contributed by atoms with Gasteiger partial charge in [-0.2, -0.15) is 15.3 Å². The summed E-state index contributed by atoms with van der Waals surface area (Å²) < 4.78 is 139. The van der Waals surface area contributed by atoms with Crippen molar-refractivity contribution in [2.75, 3.05) is 31.5 Å². The van der Waals surface area contributed by atoms with Crippen molar-refractivity contribution in [1.82, 2.24) is 29.3 Å². The first kappa shape index (κ1) is 71.7. The molecule has 0 radical (unpaired) electrons. The molecule has 0 bridgehead atoms. The van der Waals surface area contributed by atoms with Crippen molar-refractivity contribution in [3.63, 3.8) is 0 Å². The zero-order valence-corrected chi connectivity index (χ0v) is 59.3. The Bertz CT molecular complexity index is 4810. The molecule has 14 nitrogen and oxygen atoms in total. The number of aromatic nitrogens is 6. The average Bonchev–Trinajstić information content (AvgIpc) is 1.36. The topological polar surface area (TPSA) is 173 Å². The van der Waals surface area contributed by atoms with Crippen LogP contribution in [0.4, 0.5) is 26.3 Å². The Kier molecular flexibility index (Phi) is 20.5. The second-order valence-electron chi connectivity index (χ2n) is 28.6. The van der Waals surface area contributed by atoms with Crippen LogP contribution in [-0.4, -0.2) is 83.7 Å². The molecular weight excluding hydrogens is 1350 g/mol. The Balaban J connectivity index is 0.000000137. The molecule has 3 saturated carbocycles. The minimum Gasteiger partial charge on any atom is -0.477 e. The molecule has 2 N–H and O–H groups in total. The van der Waals surface area contributed by atoms with Gasteiger partial charge in [0.1, 0.15) is 23.3 Å². The maximum absolute atomic E-state index is 14.3. The Morgan fingerprint density at radius 3 is 1.20 bits per heavy atom. The first-order chi connectivity index (χ1) is 48.8. The van der Waals surface area contributed by atoms with E-state index in [1.54, 1.807) is 49.6 Å². The number of nitrogens with zero attached hydrogens (tertiary/aromatic N) is 6. The lowest BCUT2D eigenvalue weighted by atomic mass is 9.57. The number of aliphatic hydroxyl groups excluding tert-OH is 2. The van der Waals surface area contributed by atoms with Crippen LogP contribution in [0.25, 0.3) is 35.3 Å². The van der Waals surface area contributed by atoms with Crippen LogP contribution in [0.2, 0.25) is 0 Å². The largest absolute Gasteiger partial charge is 0.477 e. The smallest absolute Gasteiger partial charge is 0.189 e. The van der Waals surface area contributed by atoms with E-state index in [1.165, 1.54) is 107 Å². The zero-order chi connectivity index (χ0) is 72.0.